The number of aromatic nitrogens is 2. The zero-order valence-corrected chi connectivity index (χ0v) is 23.9. The molecule has 0 bridgehead atoms. The highest BCUT2D eigenvalue weighted by molar-refractivity contribution is 8.01. The van der Waals surface area contributed by atoms with E-state index in [4.69, 9.17) is 5.73 Å². The van der Waals surface area contributed by atoms with Gasteiger partial charge in [0.2, 0.25) is 5.13 Å². The summed E-state index contributed by atoms with van der Waals surface area (Å²) in [6.07, 6.45) is 0.989. The number of carbonyl (C=O) groups excluding carboxylic acids is 2. The van der Waals surface area contributed by atoms with Crippen molar-refractivity contribution in [2.24, 2.45) is 11.1 Å². The third kappa shape index (κ3) is 5.27. The molecule has 1 aliphatic carbocycles. The molecule has 2 aromatic carbocycles. The van der Waals surface area contributed by atoms with Gasteiger partial charge in [-0.3, -0.25) is 14.5 Å². The van der Waals surface area contributed by atoms with Gasteiger partial charge in [-0.05, 0) is 31.2 Å². The van der Waals surface area contributed by atoms with Crippen LogP contribution in [0.4, 0.5) is 5.13 Å². The monoisotopic (exact) mass is 555 g/mol. The second-order valence-corrected chi connectivity index (χ2v) is 13.0. The predicted octanol–water partition coefficient (Wildman–Crippen LogP) is 6.07. The van der Waals surface area contributed by atoms with Crippen molar-refractivity contribution < 1.29 is 9.59 Å². The van der Waals surface area contributed by atoms with Crippen LogP contribution < -0.4 is 10.6 Å². The molecule has 198 valence electrons. The second kappa shape index (κ2) is 10.4. The summed E-state index contributed by atoms with van der Waals surface area (Å²) in [5.41, 5.74) is 11.8. The maximum Gasteiger partial charge on any atom is 0.219 e. The van der Waals surface area contributed by atoms with E-state index in [1.165, 1.54) is 23.1 Å². The van der Waals surface area contributed by atoms with Crippen LogP contribution in [0.15, 0.2) is 75.5 Å². The highest BCUT2D eigenvalue weighted by atomic mass is 32.2. The third-order valence-electron chi connectivity index (χ3n) is 7.08. The largest absolute Gasteiger partial charge is 0.384 e. The van der Waals surface area contributed by atoms with Crippen molar-refractivity contribution in [3.05, 3.63) is 93.4 Å². The highest BCUT2D eigenvalue weighted by Crippen LogP contribution is 2.50. The van der Waals surface area contributed by atoms with E-state index in [0.29, 0.717) is 39.0 Å². The molecule has 2 N–H and O–H groups in total. The zero-order chi connectivity index (χ0) is 27.9. The van der Waals surface area contributed by atoms with Crippen LogP contribution in [0, 0.1) is 30.6 Å². The van der Waals surface area contributed by atoms with Gasteiger partial charge in [0.15, 0.2) is 15.9 Å². The first-order chi connectivity index (χ1) is 18.6. The molecule has 1 unspecified atom stereocenters. The molecule has 9 heteroatoms. The lowest BCUT2D eigenvalue weighted by molar-refractivity contribution is -0.118. The van der Waals surface area contributed by atoms with Crippen molar-refractivity contribution in [1.29, 1.82) is 5.26 Å². The number of aryl methyl sites for hydroxylation is 2. The van der Waals surface area contributed by atoms with Gasteiger partial charge in [-0.2, -0.15) is 5.26 Å². The van der Waals surface area contributed by atoms with E-state index in [2.05, 4.69) is 30.1 Å². The number of hydrogen-bond acceptors (Lipinski definition) is 9. The van der Waals surface area contributed by atoms with Gasteiger partial charge in [0.05, 0.1) is 23.3 Å². The Hall–Kier alpha value is -3.74. The van der Waals surface area contributed by atoms with E-state index in [-0.39, 0.29) is 28.6 Å². The molecule has 0 radical (unpaired) electrons. The van der Waals surface area contributed by atoms with Crippen molar-refractivity contribution in [3.63, 3.8) is 0 Å². The SMILES string of the molecule is Cc1ccc(C(=O)CSc2nnc(N3C(N)=C(C#N)C(c4ccc(C)cc4)C4=C3CC(C)(C)CC4=O)s2)cc1. The smallest absolute Gasteiger partial charge is 0.219 e. The van der Waals surface area contributed by atoms with Gasteiger partial charge in [0.1, 0.15) is 5.82 Å². The fraction of sp³-hybridized carbons (Fsp3) is 0.300. The Kier molecular flexibility index (Phi) is 7.19. The van der Waals surface area contributed by atoms with Crippen LogP contribution in [0.2, 0.25) is 0 Å². The van der Waals surface area contributed by atoms with Crippen LogP contribution in [-0.4, -0.2) is 27.5 Å². The molecule has 0 saturated carbocycles. The number of hydrogen-bond donors (Lipinski definition) is 1. The zero-order valence-electron chi connectivity index (χ0n) is 22.3. The predicted molar refractivity (Wildman–Crippen MR) is 154 cm³/mol. The lowest BCUT2D eigenvalue weighted by Gasteiger charge is -2.42. The Bertz CT molecular complexity index is 1560. The van der Waals surface area contributed by atoms with Gasteiger partial charge in [0, 0.05) is 23.3 Å². The van der Waals surface area contributed by atoms with Gasteiger partial charge in [0.25, 0.3) is 0 Å². The van der Waals surface area contributed by atoms with Gasteiger partial charge >= 0.3 is 0 Å². The summed E-state index contributed by atoms with van der Waals surface area (Å²) in [7, 11) is 0. The van der Waals surface area contributed by atoms with E-state index in [0.717, 1.165) is 22.4 Å². The molecule has 0 saturated heterocycles. The minimum Gasteiger partial charge on any atom is -0.384 e. The molecule has 2 aliphatic rings. The van der Waals surface area contributed by atoms with Crippen LogP contribution in [-0.2, 0) is 4.79 Å². The number of anilines is 1. The van der Waals surface area contributed by atoms with Crippen LogP contribution in [0.25, 0.3) is 0 Å². The highest BCUT2D eigenvalue weighted by Gasteiger charge is 2.45. The number of nitriles is 1. The molecule has 5 rings (SSSR count). The topological polar surface area (TPSA) is 113 Å². The van der Waals surface area contributed by atoms with Crippen LogP contribution >= 0.6 is 23.1 Å². The lowest BCUT2D eigenvalue weighted by atomic mass is 9.68. The van der Waals surface area contributed by atoms with E-state index >= 15 is 0 Å². The van der Waals surface area contributed by atoms with E-state index in [1.807, 2.05) is 62.4 Å². The average Bonchev–Trinajstić information content (AvgIpc) is 3.35. The van der Waals surface area contributed by atoms with Crippen molar-refractivity contribution in [1.82, 2.24) is 10.2 Å². The number of rotatable bonds is 6. The molecule has 0 fully saturated rings. The first kappa shape index (κ1) is 26.9. The fourth-order valence-electron chi connectivity index (χ4n) is 5.12. The molecule has 3 aromatic rings. The molecule has 0 spiro atoms. The first-order valence-electron chi connectivity index (χ1n) is 12.7. The van der Waals surface area contributed by atoms with Crippen LogP contribution in [0.5, 0.6) is 0 Å². The lowest BCUT2D eigenvalue weighted by Crippen LogP contribution is -2.42. The number of thioether (sulfide) groups is 1. The third-order valence-corrected chi connectivity index (χ3v) is 9.12. The average molecular weight is 556 g/mol. The normalized spacial score (nSPS) is 18.7. The quantitative estimate of drug-likeness (QED) is 0.288. The standard InChI is InChI=1S/C30H29N5O2S2/c1-17-5-9-19(10-6-17)24(37)16-38-29-34-33-28(39-29)35-22-13-30(3,4)14-23(36)26(22)25(21(15-31)27(35)32)20-11-7-18(2)8-12-20/h5-12,25H,13-14,16,32H2,1-4H3. The molecule has 2 heterocycles. The summed E-state index contributed by atoms with van der Waals surface area (Å²) < 4.78 is 0.612. The maximum atomic E-state index is 13.6. The van der Waals surface area contributed by atoms with E-state index in [9.17, 15) is 14.9 Å². The van der Waals surface area contributed by atoms with Crippen molar-refractivity contribution in [3.8, 4) is 6.07 Å². The van der Waals surface area contributed by atoms with Crippen molar-refractivity contribution in [2.75, 3.05) is 10.7 Å². The molecule has 39 heavy (non-hydrogen) atoms. The molecule has 1 atom stereocenters. The number of carbonyl (C=O) groups is 2. The Morgan fingerprint density at radius 3 is 2.38 bits per heavy atom. The minimum atomic E-state index is -0.528. The van der Waals surface area contributed by atoms with E-state index < -0.39 is 5.92 Å². The Morgan fingerprint density at radius 2 is 1.74 bits per heavy atom. The summed E-state index contributed by atoms with van der Waals surface area (Å²) in [5.74, 6) is -0.0250. The van der Waals surface area contributed by atoms with E-state index in [1.54, 1.807) is 4.90 Å². The first-order valence-corrected chi connectivity index (χ1v) is 14.5. The molecule has 7 nitrogen and oxygen atoms in total. The minimum absolute atomic E-state index is 0.00598. The van der Waals surface area contributed by atoms with Crippen LogP contribution in [0.1, 0.15) is 59.7 Å². The molecular weight excluding hydrogens is 526 g/mol. The van der Waals surface area contributed by atoms with Gasteiger partial charge in [-0.15, -0.1) is 10.2 Å². The Morgan fingerprint density at radius 1 is 1.10 bits per heavy atom. The number of Topliss-reactive ketones (excluding diaryl/α,β-unsaturated/α-hetero) is 2. The molecule has 0 amide bonds. The van der Waals surface area contributed by atoms with Gasteiger partial charge < -0.3 is 5.73 Å². The Labute approximate surface area is 236 Å². The van der Waals surface area contributed by atoms with Gasteiger partial charge in [-0.25, -0.2) is 0 Å². The van der Waals surface area contributed by atoms with Crippen molar-refractivity contribution >= 4 is 39.8 Å². The van der Waals surface area contributed by atoms with Crippen LogP contribution in [0.3, 0.4) is 0 Å². The number of nitrogens with zero attached hydrogens (tertiary/aromatic N) is 4. The van der Waals surface area contributed by atoms with Gasteiger partial charge in [-0.1, -0.05) is 96.6 Å². The number of nitrogens with two attached hydrogens (primary N) is 1. The summed E-state index contributed by atoms with van der Waals surface area (Å²) in [4.78, 5) is 28.1. The molecular formula is C30H29N5O2S2. The summed E-state index contributed by atoms with van der Waals surface area (Å²) in [6, 6.07) is 17.7. The molecule has 1 aromatic heterocycles. The Balaban J connectivity index is 1.51. The molecule has 1 aliphatic heterocycles. The summed E-state index contributed by atoms with van der Waals surface area (Å²) in [5, 5.41) is 19.4. The fourth-order valence-corrected chi connectivity index (χ4v) is 6.90. The number of allylic oxidation sites excluding steroid dienone is 3. The summed E-state index contributed by atoms with van der Waals surface area (Å²) >= 11 is 2.61. The summed E-state index contributed by atoms with van der Waals surface area (Å²) in [6.45, 7) is 8.10. The second-order valence-electron chi connectivity index (χ2n) is 10.8. The number of benzene rings is 2. The maximum absolute atomic E-state index is 13.6. The number of ketones is 2. The van der Waals surface area contributed by atoms with Crippen molar-refractivity contribution in [2.45, 2.75) is 50.8 Å².